The number of hydrogen-bond donors (Lipinski definition) is 0. The van der Waals surface area contributed by atoms with E-state index >= 15 is 0 Å². The summed E-state index contributed by atoms with van der Waals surface area (Å²) in [6, 6.07) is 3.84. The van der Waals surface area contributed by atoms with Gasteiger partial charge >= 0.3 is 5.97 Å². The molecule has 0 saturated heterocycles. The summed E-state index contributed by atoms with van der Waals surface area (Å²) in [5.74, 6) is -0.229. The molecule has 0 fully saturated rings. The summed E-state index contributed by atoms with van der Waals surface area (Å²) in [4.78, 5) is 13.1. The van der Waals surface area contributed by atoms with Gasteiger partial charge in [0, 0.05) is 4.88 Å². The smallest absolute Gasteiger partial charge is 0.348 e. The molecule has 0 saturated carbocycles. The zero-order valence-corrected chi connectivity index (χ0v) is 8.82. The number of carbonyl (C=O) groups excluding carboxylic acids is 1. The van der Waals surface area contributed by atoms with Gasteiger partial charge in [0.1, 0.15) is 4.88 Å². The summed E-state index contributed by atoms with van der Waals surface area (Å²) in [7, 11) is 1.41. The molecule has 0 bridgehead atoms. The Kier molecular flexibility index (Phi) is 3.96. The predicted octanol–water partition coefficient (Wildman–Crippen LogP) is 2.88. The van der Waals surface area contributed by atoms with E-state index in [9.17, 15) is 4.79 Å². The molecule has 0 spiro atoms. The zero-order valence-electron chi connectivity index (χ0n) is 8.00. The Hall–Kier alpha value is -0.830. The summed E-state index contributed by atoms with van der Waals surface area (Å²) < 4.78 is 4.63. The number of esters is 1. The highest BCUT2D eigenvalue weighted by atomic mass is 32.1. The van der Waals surface area contributed by atoms with Gasteiger partial charge in [0.2, 0.25) is 0 Å². The van der Waals surface area contributed by atoms with E-state index in [1.165, 1.54) is 36.2 Å². The highest BCUT2D eigenvalue weighted by molar-refractivity contribution is 7.13. The molecular weight excluding hydrogens is 184 g/mol. The van der Waals surface area contributed by atoms with E-state index in [0.29, 0.717) is 4.88 Å². The maximum Gasteiger partial charge on any atom is 0.348 e. The van der Waals surface area contributed by atoms with Gasteiger partial charge in [0.15, 0.2) is 0 Å². The summed E-state index contributed by atoms with van der Waals surface area (Å²) in [5, 5.41) is 0. The molecule has 0 N–H and O–H groups in total. The van der Waals surface area contributed by atoms with E-state index in [0.717, 1.165) is 6.42 Å². The minimum atomic E-state index is -0.229. The second kappa shape index (κ2) is 5.02. The van der Waals surface area contributed by atoms with Gasteiger partial charge < -0.3 is 4.74 Å². The fourth-order valence-electron chi connectivity index (χ4n) is 1.07. The summed E-state index contributed by atoms with van der Waals surface area (Å²) in [6.07, 6.45) is 3.44. The van der Waals surface area contributed by atoms with Crippen LogP contribution in [-0.2, 0) is 11.2 Å². The lowest BCUT2D eigenvalue weighted by Gasteiger charge is -1.93. The van der Waals surface area contributed by atoms with Crippen molar-refractivity contribution in [2.75, 3.05) is 7.11 Å². The highest BCUT2D eigenvalue weighted by Gasteiger charge is 2.07. The molecule has 1 aromatic heterocycles. The van der Waals surface area contributed by atoms with Gasteiger partial charge in [-0.05, 0) is 25.0 Å². The van der Waals surface area contributed by atoms with E-state index in [-0.39, 0.29) is 5.97 Å². The molecule has 0 atom stereocenters. The molecule has 0 aliphatic carbocycles. The van der Waals surface area contributed by atoms with Crippen molar-refractivity contribution in [1.29, 1.82) is 0 Å². The Balaban J connectivity index is 2.58. The second-order valence-corrected chi connectivity index (χ2v) is 4.03. The number of ether oxygens (including phenoxy) is 1. The van der Waals surface area contributed by atoms with Gasteiger partial charge in [-0.2, -0.15) is 0 Å². The van der Waals surface area contributed by atoms with Crippen LogP contribution in [0, 0.1) is 0 Å². The quantitative estimate of drug-likeness (QED) is 0.695. The molecular formula is C10H14O2S. The number of hydrogen-bond acceptors (Lipinski definition) is 3. The lowest BCUT2D eigenvalue weighted by molar-refractivity contribution is 0.0606. The molecule has 0 aromatic carbocycles. The van der Waals surface area contributed by atoms with Crippen LogP contribution >= 0.6 is 11.3 Å². The topological polar surface area (TPSA) is 26.3 Å². The van der Waals surface area contributed by atoms with E-state index in [1.807, 2.05) is 12.1 Å². The Morgan fingerprint density at radius 3 is 2.92 bits per heavy atom. The maximum atomic E-state index is 11.1. The molecule has 1 aromatic rings. The van der Waals surface area contributed by atoms with Crippen LogP contribution in [0.3, 0.4) is 0 Å². The molecule has 3 heteroatoms. The first-order valence-electron chi connectivity index (χ1n) is 4.45. The van der Waals surface area contributed by atoms with Gasteiger partial charge in [-0.15, -0.1) is 11.3 Å². The Morgan fingerprint density at radius 1 is 1.54 bits per heavy atom. The second-order valence-electron chi connectivity index (χ2n) is 2.86. The van der Waals surface area contributed by atoms with Crippen LogP contribution in [0.15, 0.2) is 12.1 Å². The zero-order chi connectivity index (χ0) is 9.68. The number of thiophene rings is 1. The Morgan fingerprint density at radius 2 is 2.31 bits per heavy atom. The molecule has 1 rings (SSSR count). The molecule has 13 heavy (non-hydrogen) atoms. The molecule has 1 heterocycles. The average Bonchev–Trinajstić information content (AvgIpc) is 2.62. The molecule has 0 unspecified atom stereocenters. The fraction of sp³-hybridized carbons (Fsp3) is 0.500. The number of unbranched alkanes of at least 4 members (excludes halogenated alkanes) is 1. The van der Waals surface area contributed by atoms with Crippen molar-refractivity contribution in [2.45, 2.75) is 26.2 Å². The van der Waals surface area contributed by atoms with Crippen LogP contribution in [0.25, 0.3) is 0 Å². The van der Waals surface area contributed by atoms with E-state index in [2.05, 4.69) is 11.7 Å². The summed E-state index contributed by atoms with van der Waals surface area (Å²) in [5.41, 5.74) is 0. The standard InChI is InChI=1S/C10H14O2S/c1-3-4-5-8-6-7-9(13-8)10(11)12-2/h6-7H,3-5H2,1-2H3. The van der Waals surface area contributed by atoms with Crippen molar-refractivity contribution in [1.82, 2.24) is 0 Å². The largest absolute Gasteiger partial charge is 0.465 e. The SMILES string of the molecule is CCCCc1ccc(C(=O)OC)s1. The maximum absolute atomic E-state index is 11.1. The van der Waals surface area contributed by atoms with E-state index < -0.39 is 0 Å². The van der Waals surface area contributed by atoms with Crippen LogP contribution in [0.4, 0.5) is 0 Å². The third-order valence-corrected chi connectivity index (χ3v) is 2.95. The summed E-state index contributed by atoms with van der Waals surface area (Å²) >= 11 is 1.53. The summed E-state index contributed by atoms with van der Waals surface area (Å²) in [6.45, 7) is 2.16. The van der Waals surface area contributed by atoms with Crippen molar-refractivity contribution in [2.24, 2.45) is 0 Å². The van der Waals surface area contributed by atoms with Crippen LogP contribution in [-0.4, -0.2) is 13.1 Å². The number of carbonyl (C=O) groups is 1. The highest BCUT2D eigenvalue weighted by Crippen LogP contribution is 2.19. The lowest BCUT2D eigenvalue weighted by atomic mass is 10.2. The third-order valence-electron chi connectivity index (χ3n) is 1.82. The van der Waals surface area contributed by atoms with Gasteiger partial charge in [0.25, 0.3) is 0 Å². The van der Waals surface area contributed by atoms with Crippen LogP contribution in [0.1, 0.15) is 34.3 Å². The molecule has 0 aliphatic heterocycles. The molecule has 0 aliphatic rings. The number of aryl methyl sites for hydroxylation is 1. The molecule has 0 radical (unpaired) electrons. The molecule has 72 valence electrons. The normalized spacial score (nSPS) is 10.0. The van der Waals surface area contributed by atoms with Crippen molar-refractivity contribution in [3.8, 4) is 0 Å². The molecule has 0 amide bonds. The van der Waals surface area contributed by atoms with Crippen LogP contribution in [0.2, 0.25) is 0 Å². The molecule has 2 nitrogen and oxygen atoms in total. The number of methoxy groups -OCH3 is 1. The van der Waals surface area contributed by atoms with E-state index in [1.54, 1.807) is 0 Å². The minimum absolute atomic E-state index is 0.229. The average molecular weight is 198 g/mol. The van der Waals surface area contributed by atoms with Crippen molar-refractivity contribution in [3.63, 3.8) is 0 Å². The van der Waals surface area contributed by atoms with Gasteiger partial charge in [-0.1, -0.05) is 13.3 Å². The van der Waals surface area contributed by atoms with Gasteiger partial charge in [-0.25, -0.2) is 4.79 Å². The first-order valence-corrected chi connectivity index (χ1v) is 5.26. The first-order chi connectivity index (χ1) is 6.27. The van der Waals surface area contributed by atoms with Crippen molar-refractivity contribution in [3.05, 3.63) is 21.9 Å². The fourth-order valence-corrected chi connectivity index (χ4v) is 2.04. The van der Waals surface area contributed by atoms with E-state index in [4.69, 9.17) is 0 Å². The van der Waals surface area contributed by atoms with Crippen LogP contribution in [0.5, 0.6) is 0 Å². The van der Waals surface area contributed by atoms with Gasteiger partial charge in [0.05, 0.1) is 7.11 Å². The number of rotatable bonds is 4. The lowest BCUT2D eigenvalue weighted by Crippen LogP contribution is -1.96. The van der Waals surface area contributed by atoms with Crippen LogP contribution < -0.4 is 0 Å². The first kappa shape index (κ1) is 10.3. The van der Waals surface area contributed by atoms with Gasteiger partial charge in [-0.3, -0.25) is 0 Å². The van der Waals surface area contributed by atoms with Crippen molar-refractivity contribution >= 4 is 17.3 Å². The van der Waals surface area contributed by atoms with Crippen molar-refractivity contribution < 1.29 is 9.53 Å². The Labute approximate surface area is 82.5 Å². The Bertz CT molecular complexity index is 278. The predicted molar refractivity (Wildman–Crippen MR) is 54.3 cm³/mol. The minimum Gasteiger partial charge on any atom is -0.465 e. The third kappa shape index (κ3) is 2.84. The monoisotopic (exact) mass is 198 g/mol.